The monoisotopic (exact) mass is 469 g/mol. The Bertz CT molecular complexity index is 1050. The number of benzene rings is 1. The van der Waals surface area contributed by atoms with Crippen molar-refractivity contribution < 1.29 is 9.18 Å². The van der Waals surface area contributed by atoms with E-state index in [1.165, 1.54) is 29.7 Å². The van der Waals surface area contributed by atoms with Crippen LogP contribution in [0.5, 0.6) is 0 Å². The number of halogens is 3. The summed E-state index contributed by atoms with van der Waals surface area (Å²) < 4.78 is 20.7. The number of carbonyl (C=O) groups excluding carboxylic acids is 1. The van der Waals surface area contributed by atoms with Crippen LogP contribution in [-0.4, -0.2) is 36.3 Å². The number of aromatic nitrogens is 4. The van der Waals surface area contributed by atoms with Crippen molar-refractivity contribution in [1.29, 1.82) is 0 Å². The zero-order chi connectivity index (χ0) is 19.3. The minimum absolute atomic E-state index is 0.00365. The van der Waals surface area contributed by atoms with Crippen LogP contribution in [-0.2, 0) is 6.54 Å². The molecular formula is C17H14BrClFN5OS. The average molecular weight is 471 g/mol. The van der Waals surface area contributed by atoms with Crippen molar-refractivity contribution >= 4 is 45.0 Å². The van der Waals surface area contributed by atoms with E-state index in [-0.39, 0.29) is 22.5 Å². The van der Waals surface area contributed by atoms with Gasteiger partial charge in [-0.1, -0.05) is 11.6 Å². The first-order chi connectivity index (χ1) is 12.9. The number of nitrogens with zero attached hydrogens (tertiary/aromatic N) is 5. The van der Waals surface area contributed by atoms with Gasteiger partial charge in [0.2, 0.25) is 0 Å². The largest absolute Gasteiger partial charge is 0.328 e. The average Bonchev–Trinajstić information content (AvgIpc) is 3.21. The van der Waals surface area contributed by atoms with E-state index in [1.807, 2.05) is 13.8 Å². The van der Waals surface area contributed by atoms with Gasteiger partial charge in [0.25, 0.3) is 5.91 Å². The Hall–Kier alpha value is -1.84. The molecule has 4 rings (SSSR count). The molecule has 0 spiro atoms. The first kappa shape index (κ1) is 18.5. The minimum Gasteiger partial charge on any atom is -0.328 e. The first-order valence-electron chi connectivity index (χ1n) is 8.19. The lowest BCUT2D eigenvalue weighted by atomic mass is 10.1. The molecule has 3 heterocycles. The maximum absolute atomic E-state index is 13.8. The summed E-state index contributed by atoms with van der Waals surface area (Å²) in [4.78, 5) is 23.6. The Kier molecular flexibility index (Phi) is 4.77. The van der Waals surface area contributed by atoms with Crippen LogP contribution in [0, 0.1) is 12.7 Å². The summed E-state index contributed by atoms with van der Waals surface area (Å²) in [6.07, 6.45) is 0. The maximum atomic E-state index is 13.8. The van der Waals surface area contributed by atoms with Gasteiger partial charge in [0.15, 0.2) is 10.8 Å². The van der Waals surface area contributed by atoms with Crippen molar-refractivity contribution in [2.45, 2.75) is 26.4 Å². The number of amides is 1. The molecule has 2 aromatic heterocycles. The Balaban J connectivity index is 1.69. The highest BCUT2D eigenvalue weighted by atomic mass is 79.9. The molecule has 0 bridgehead atoms. The van der Waals surface area contributed by atoms with Gasteiger partial charge in [0.1, 0.15) is 16.2 Å². The molecule has 27 heavy (non-hydrogen) atoms. The van der Waals surface area contributed by atoms with Gasteiger partial charge in [-0.3, -0.25) is 4.79 Å². The second-order valence-corrected chi connectivity index (χ2v) is 8.12. The summed E-state index contributed by atoms with van der Waals surface area (Å²) in [6, 6.07) is 3.87. The zero-order valence-corrected chi connectivity index (χ0v) is 17.6. The molecule has 0 N–H and O–H groups in total. The van der Waals surface area contributed by atoms with Crippen LogP contribution in [0.25, 0.3) is 10.8 Å². The molecule has 0 fully saturated rings. The van der Waals surface area contributed by atoms with Crippen LogP contribution in [0.2, 0.25) is 5.02 Å². The SMILES string of the molecule is Cc1nsc(-c2nc(Br)c3n2CCN(C(=O)c2ccc(Cl)c(F)c2)C3C)n1. The molecular weight excluding hydrogens is 457 g/mol. The summed E-state index contributed by atoms with van der Waals surface area (Å²) >= 11 is 10.5. The summed E-state index contributed by atoms with van der Waals surface area (Å²) in [5, 5.41) is 0.738. The summed E-state index contributed by atoms with van der Waals surface area (Å²) in [5.74, 6) is 0.589. The van der Waals surface area contributed by atoms with Crippen LogP contribution < -0.4 is 0 Å². The van der Waals surface area contributed by atoms with Crippen LogP contribution in [0.3, 0.4) is 0 Å². The summed E-state index contributed by atoms with van der Waals surface area (Å²) in [7, 11) is 0. The molecule has 0 saturated carbocycles. The molecule has 0 saturated heterocycles. The van der Waals surface area contributed by atoms with Gasteiger partial charge in [-0.25, -0.2) is 14.4 Å². The molecule has 1 aromatic carbocycles. The second-order valence-electron chi connectivity index (χ2n) is 6.21. The van der Waals surface area contributed by atoms with Crippen molar-refractivity contribution in [1.82, 2.24) is 23.8 Å². The molecule has 0 aliphatic carbocycles. The molecule has 1 aliphatic heterocycles. The Morgan fingerprint density at radius 2 is 2.15 bits per heavy atom. The topological polar surface area (TPSA) is 63.9 Å². The molecule has 1 unspecified atom stereocenters. The predicted octanol–water partition coefficient (Wildman–Crippen LogP) is 4.48. The van der Waals surface area contributed by atoms with Crippen LogP contribution in [0.4, 0.5) is 4.39 Å². The third-order valence-corrected chi connectivity index (χ3v) is 6.23. The second kappa shape index (κ2) is 6.96. The molecule has 6 nitrogen and oxygen atoms in total. The van der Waals surface area contributed by atoms with Gasteiger partial charge < -0.3 is 9.47 Å². The summed E-state index contributed by atoms with van der Waals surface area (Å²) in [5.41, 5.74) is 1.15. The van der Waals surface area contributed by atoms with E-state index in [0.717, 1.165) is 16.5 Å². The van der Waals surface area contributed by atoms with E-state index in [1.54, 1.807) is 4.90 Å². The van der Waals surface area contributed by atoms with Crippen molar-refractivity contribution in [3.8, 4) is 10.8 Å². The normalized spacial score (nSPS) is 16.5. The fraction of sp³-hybridized carbons (Fsp3) is 0.294. The van der Waals surface area contributed by atoms with E-state index < -0.39 is 5.82 Å². The number of hydrogen-bond acceptors (Lipinski definition) is 5. The van der Waals surface area contributed by atoms with Crippen molar-refractivity contribution in [2.75, 3.05) is 6.54 Å². The Morgan fingerprint density at radius 3 is 2.81 bits per heavy atom. The smallest absolute Gasteiger partial charge is 0.254 e. The first-order valence-corrected chi connectivity index (χ1v) is 10.1. The lowest BCUT2D eigenvalue weighted by molar-refractivity contribution is 0.0643. The maximum Gasteiger partial charge on any atom is 0.254 e. The van der Waals surface area contributed by atoms with Crippen molar-refractivity contribution in [3.05, 3.63) is 50.7 Å². The summed E-state index contributed by atoms with van der Waals surface area (Å²) in [6.45, 7) is 4.80. The number of hydrogen-bond donors (Lipinski definition) is 0. The van der Waals surface area contributed by atoms with Gasteiger partial charge >= 0.3 is 0 Å². The number of aryl methyl sites for hydroxylation is 1. The number of imidazole rings is 1. The van der Waals surface area contributed by atoms with Crippen molar-refractivity contribution in [3.63, 3.8) is 0 Å². The minimum atomic E-state index is -0.604. The van der Waals surface area contributed by atoms with Gasteiger partial charge in [-0.2, -0.15) is 4.37 Å². The number of fused-ring (bicyclic) bond motifs is 1. The quantitative estimate of drug-likeness (QED) is 0.554. The van der Waals surface area contributed by atoms with Crippen LogP contribution in [0.15, 0.2) is 22.8 Å². The molecule has 10 heteroatoms. The standard InChI is InChI=1S/C17H14BrClFN5OS/c1-8-13-14(18)22-15(16-21-9(2)23-27-16)25(13)6-5-24(8)17(26)10-3-4-11(19)12(20)7-10/h3-4,7-8H,5-6H2,1-2H3. The van der Waals surface area contributed by atoms with Crippen LogP contribution >= 0.6 is 39.1 Å². The number of carbonyl (C=O) groups is 1. The van der Waals surface area contributed by atoms with Gasteiger partial charge in [-0.05, 0) is 59.5 Å². The highest BCUT2D eigenvalue weighted by Crippen LogP contribution is 2.36. The van der Waals surface area contributed by atoms with E-state index in [9.17, 15) is 9.18 Å². The molecule has 0 radical (unpaired) electrons. The van der Waals surface area contributed by atoms with E-state index in [2.05, 4.69) is 34.8 Å². The molecule has 3 aromatic rings. The Labute approximate surface area is 172 Å². The van der Waals surface area contributed by atoms with Gasteiger partial charge in [-0.15, -0.1) is 0 Å². The number of rotatable bonds is 2. The molecule has 1 amide bonds. The van der Waals surface area contributed by atoms with Gasteiger partial charge in [0.05, 0.1) is 16.8 Å². The predicted molar refractivity (Wildman–Crippen MR) is 104 cm³/mol. The molecule has 1 atom stereocenters. The third-order valence-electron chi connectivity index (χ3n) is 4.54. The van der Waals surface area contributed by atoms with E-state index in [4.69, 9.17) is 11.6 Å². The van der Waals surface area contributed by atoms with Gasteiger partial charge in [0, 0.05) is 18.7 Å². The lowest BCUT2D eigenvalue weighted by Gasteiger charge is -2.35. The fourth-order valence-electron chi connectivity index (χ4n) is 3.23. The Morgan fingerprint density at radius 1 is 1.37 bits per heavy atom. The molecule has 140 valence electrons. The third kappa shape index (κ3) is 3.17. The highest BCUT2D eigenvalue weighted by Gasteiger charge is 2.33. The highest BCUT2D eigenvalue weighted by molar-refractivity contribution is 9.10. The van der Waals surface area contributed by atoms with E-state index >= 15 is 0 Å². The zero-order valence-electron chi connectivity index (χ0n) is 14.4. The van der Waals surface area contributed by atoms with E-state index in [0.29, 0.717) is 23.5 Å². The van der Waals surface area contributed by atoms with Crippen LogP contribution in [0.1, 0.15) is 34.8 Å². The fourth-order valence-corrected chi connectivity index (χ4v) is 4.73. The van der Waals surface area contributed by atoms with Crippen molar-refractivity contribution in [2.24, 2.45) is 0 Å². The molecule has 1 aliphatic rings. The lowest BCUT2D eigenvalue weighted by Crippen LogP contribution is -2.41.